The number of ether oxygens (including phenoxy) is 2. The number of aryl methyl sites for hydroxylation is 1. The van der Waals surface area contributed by atoms with Gasteiger partial charge < -0.3 is 19.2 Å². The van der Waals surface area contributed by atoms with Gasteiger partial charge in [0.2, 0.25) is 6.79 Å². The zero-order valence-electron chi connectivity index (χ0n) is 15.2. The van der Waals surface area contributed by atoms with Gasteiger partial charge in [0.15, 0.2) is 17.2 Å². The Bertz CT molecular complexity index is 1100. The van der Waals surface area contributed by atoms with E-state index >= 15 is 0 Å². The Morgan fingerprint density at radius 3 is 2.93 bits per heavy atom. The van der Waals surface area contributed by atoms with Gasteiger partial charge in [-0.2, -0.15) is 5.10 Å². The van der Waals surface area contributed by atoms with Crippen molar-refractivity contribution in [3.05, 3.63) is 63.9 Å². The summed E-state index contributed by atoms with van der Waals surface area (Å²) in [5, 5.41) is 18.1. The molecule has 3 aromatic rings. The predicted molar refractivity (Wildman–Crippen MR) is 99.6 cm³/mol. The third kappa shape index (κ3) is 3.65. The number of fused-ring (bicyclic) bond motifs is 1. The van der Waals surface area contributed by atoms with Crippen LogP contribution in [0.25, 0.3) is 0 Å². The zero-order chi connectivity index (χ0) is 20.4. The van der Waals surface area contributed by atoms with E-state index in [0.717, 1.165) is 0 Å². The smallest absolute Gasteiger partial charge is 0.282 e. The third-order valence-electron chi connectivity index (χ3n) is 4.20. The highest BCUT2D eigenvalue weighted by molar-refractivity contribution is 5.98. The summed E-state index contributed by atoms with van der Waals surface area (Å²) in [6.45, 7) is 0.198. The van der Waals surface area contributed by atoms with E-state index in [2.05, 4.69) is 15.4 Å². The number of aromatic nitrogens is 2. The van der Waals surface area contributed by atoms with Crippen molar-refractivity contribution in [3.63, 3.8) is 0 Å². The van der Waals surface area contributed by atoms with E-state index in [1.54, 1.807) is 19.2 Å². The van der Waals surface area contributed by atoms with Gasteiger partial charge in [-0.3, -0.25) is 24.6 Å². The first-order valence-electron chi connectivity index (χ1n) is 8.47. The monoisotopic (exact) mass is 397 g/mol. The molecule has 0 bridgehead atoms. The van der Waals surface area contributed by atoms with Crippen LogP contribution < -0.4 is 14.8 Å². The van der Waals surface area contributed by atoms with E-state index in [1.807, 2.05) is 0 Å². The quantitative estimate of drug-likeness (QED) is 0.383. The zero-order valence-corrected chi connectivity index (χ0v) is 15.2. The molecule has 0 spiro atoms. The van der Waals surface area contributed by atoms with Gasteiger partial charge in [-0.05, 0) is 18.2 Å². The van der Waals surface area contributed by atoms with Gasteiger partial charge in [-0.1, -0.05) is 0 Å². The molecule has 0 fully saturated rings. The fraction of sp³-hybridized carbons (Fsp3) is 0.167. The molecule has 11 nitrogen and oxygen atoms in total. The number of carbonyl (C=O) groups is 1. The van der Waals surface area contributed by atoms with Crippen LogP contribution in [0.1, 0.15) is 21.8 Å². The van der Waals surface area contributed by atoms with Crippen LogP contribution >= 0.6 is 0 Å². The molecule has 1 aromatic carbocycles. The van der Waals surface area contributed by atoms with Crippen LogP contribution in [0.2, 0.25) is 0 Å². The number of nitro benzene ring substituents is 1. The lowest BCUT2D eigenvalue weighted by atomic mass is 10.1. The topological polar surface area (TPSA) is 134 Å². The Kier molecular flexibility index (Phi) is 4.69. The minimum Gasteiger partial charge on any atom is -0.467 e. The van der Waals surface area contributed by atoms with Crippen molar-refractivity contribution < 1.29 is 23.6 Å². The van der Waals surface area contributed by atoms with Crippen molar-refractivity contribution in [2.75, 3.05) is 6.79 Å². The van der Waals surface area contributed by atoms with E-state index in [1.165, 1.54) is 35.5 Å². The van der Waals surface area contributed by atoms with Crippen LogP contribution in [-0.4, -0.2) is 33.6 Å². The summed E-state index contributed by atoms with van der Waals surface area (Å²) in [6, 6.07) is 6.21. The van der Waals surface area contributed by atoms with Crippen LogP contribution in [0.15, 0.2) is 46.1 Å². The number of amides is 1. The fourth-order valence-electron chi connectivity index (χ4n) is 2.80. The number of hydrogen-bond donors (Lipinski definition) is 1. The molecule has 0 radical (unpaired) electrons. The van der Waals surface area contributed by atoms with Gasteiger partial charge in [0.25, 0.3) is 11.6 Å². The van der Waals surface area contributed by atoms with E-state index in [4.69, 9.17) is 13.9 Å². The number of furan rings is 1. The molecule has 0 atom stereocenters. The van der Waals surface area contributed by atoms with Crippen LogP contribution in [0.5, 0.6) is 11.5 Å². The standard InChI is InChI=1S/C18H15N5O6/c1-22-17(18(24)20-8-12-3-2-4-27-12)13(9-21-22)19-7-11-5-15-16(29-10-28-15)6-14(11)23(25)26/h2-7,9H,8,10H2,1H3,(H,20,24). The SMILES string of the molecule is Cn1ncc(N=Cc2cc3c(cc2[N+](=O)[O-])OCO3)c1C(=O)NCc1ccco1. The molecule has 0 aliphatic carbocycles. The lowest BCUT2D eigenvalue weighted by Crippen LogP contribution is -2.25. The summed E-state index contributed by atoms with van der Waals surface area (Å²) in [5.74, 6) is 0.878. The maximum absolute atomic E-state index is 12.6. The first kappa shape index (κ1) is 18.2. The van der Waals surface area contributed by atoms with Gasteiger partial charge in [-0.15, -0.1) is 0 Å². The molecule has 4 rings (SSSR count). The maximum atomic E-state index is 12.6. The molecule has 0 saturated heterocycles. The number of carbonyl (C=O) groups excluding carboxylic acids is 1. The van der Waals surface area contributed by atoms with E-state index < -0.39 is 10.8 Å². The van der Waals surface area contributed by atoms with Crippen molar-refractivity contribution in [2.24, 2.45) is 12.0 Å². The highest BCUT2D eigenvalue weighted by atomic mass is 16.7. The number of aliphatic imine (C=N–C) groups is 1. The van der Waals surface area contributed by atoms with Gasteiger partial charge in [-0.25, -0.2) is 0 Å². The molecular formula is C18H15N5O6. The lowest BCUT2D eigenvalue weighted by Gasteiger charge is -2.05. The van der Waals surface area contributed by atoms with Gasteiger partial charge in [0.1, 0.15) is 11.4 Å². The minimum absolute atomic E-state index is 0.00429. The highest BCUT2D eigenvalue weighted by Crippen LogP contribution is 2.37. The molecule has 1 amide bonds. The Morgan fingerprint density at radius 1 is 1.41 bits per heavy atom. The highest BCUT2D eigenvalue weighted by Gasteiger charge is 2.23. The molecular weight excluding hydrogens is 382 g/mol. The van der Waals surface area contributed by atoms with E-state index in [-0.39, 0.29) is 36.0 Å². The first-order valence-corrected chi connectivity index (χ1v) is 8.47. The number of rotatable bonds is 6. The van der Waals surface area contributed by atoms with Crippen LogP contribution in [0.3, 0.4) is 0 Å². The fourth-order valence-corrected chi connectivity index (χ4v) is 2.80. The van der Waals surface area contributed by atoms with E-state index in [0.29, 0.717) is 17.3 Å². The molecule has 0 saturated carbocycles. The Balaban J connectivity index is 1.60. The average Bonchev–Trinajstić information content (AvgIpc) is 3.44. The Morgan fingerprint density at radius 2 is 2.21 bits per heavy atom. The second-order valence-electron chi connectivity index (χ2n) is 6.04. The first-order chi connectivity index (χ1) is 14.0. The molecule has 11 heteroatoms. The largest absolute Gasteiger partial charge is 0.467 e. The van der Waals surface area contributed by atoms with Crippen LogP contribution in [-0.2, 0) is 13.6 Å². The maximum Gasteiger partial charge on any atom is 0.282 e. The normalized spacial score (nSPS) is 12.4. The Labute approximate surface area is 163 Å². The van der Waals surface area contributed by atoms with Crippen molar-refractivity contribution in [1.29, 1.82) is 0 Å². The van der Waals surface area contributed by atoms with Crippen molar-refractivity contribution in [2.45, 2.75) is 6.54 Å². The predicted octanol–water partition coefficient (Wildman–Crippen LogP) is 2.33. The summed E-state index contributed by atoms with van der Waals surface area (Å²) in [7, 11) is 1.60. The number of nitro groups is 1. The number of nitrogens with one attached hydrogen (secondary N) is 1. The van der Waals surface area contributed by atoms with Gasteiger partial charge in [0, 0.05) is 13.3 Å². The molecule has 1 N–H and O–H groups in total. The molecule has 2 aromatic heterocycles. The summed E-state index contributed by atoms with van der Waals surface area (Å²) in [6.07, 6.45) is 4.21. The number of benzene rings is 1. The average molecular weight is 397 g/mol. The third-order valence-corrected chi connectivity index (χ3v) is 4.20. The van der Waals surface area contributed by atoms with Crippen molar-refractivity contribution in [1.82, 2.24) is 15.1 Å². The molecule has 3 heterocycles. The van der Waals surface area contributed by atoms with Crippen LogP contribution in [0, 0.1) is 10.1 Å². The second-order valence-corrected chi connectivity index (χ2v) is 6.04. The molecule has 1 aliphatic heterocycles. The van der Waals surface area contributed by atoms with Gasteiger partial charge in [0.05, 0.1) is 35.6 Å². The summed E-state index contributed by atoms with van der Waals surface area (Å²) in [5.41, 5.74) is 0.489. The van der Waals surface area contributed by atoms with E-state index in [9.17, 15) is 14.9 Å². The summed E-state index contributed by atoms with van der Waals surface area (Å²) < 4.78 is 17.0. The second kappa shape index (κ2) is 7.46. The Hall–Kier alpha value is -4.15. The van der Waals surface area contributed by atoms with Crippen LogP contribution in [0.4, 0.5) is 11.4 Å². The molecule has 1 aliphatic rings. The molecule has 0 unspecified atom stereocenters. The van der Waals surface area contributed by atoms with Gasteiger partial charge >= 0.3 is 0 Å². The lowest BCUT2D eigenvalue weighted by molar-refractivity contribution is -0.385. The number of nitrogens with zero attached hydrogens (tertiary/aromatic N) is 4. The summed E-state index contributed by atoms with van der Waals surface area (Å²) in [4.78, 5) is 27.6. The van der Waals surface area contributed by atoms with Crippen molar-refractivity contribution in [3.8, 4) is 11.5 Å². The number of hydrogen-bond acceptors (Lipinski definition) is 8. The van der Waals surface area contributed by atoms with Crippen molar-refractivity contribution >= 4 is 23.5 Å². The molecule has 148 valence electrons. The molecule has 29 heavy (non-hydrogen) atoms. The summed E-state index contributed by atoms with van der Waals surface area (Å²) >= 11 is 0. The minimum atomic E-state index is -0.538.